The van der Waals surface area contributed by atoms with Crippen molar-refractivity contribution in [2.45, 2.75) is 72.3 Å². The number of hydrogen-bond acceptors (Lipinski definition) is 7. The lowest BCUT2D eigenvalue weighted by Gasteiger charge is -2.26. The SMILES string of the molecule is CC[C@H](C)C(NC(=O)[C@@H](CC(=O)Cc1cccnc1)CC(C)C)C(=O)C(=O)NCC(=O)C[C@@H](Cc1ccc2ccccc2c1)C(N)=O. The molecule has 47 heavy (non-hydrogen) atoms. The van der Waals surface area contributed by atoms with Gasteiger partial charge in [-0.15, -0.1) is 0 Å². The number of nitrogens with zero attached hydrogens (tertiary/aromatic N) is 1. The zero-order valence-corrected chi connectivity index (χ0v) is 27.7. The monoisotopic (exact) mass is 642 g/mol. The minimum Gasteiger partial charge on any atom is -0.369 e. The van der Waals surface area contributed by atoms with Crippen LogP contribution in [0.3, 0.4) is 0 Å². The van der Waals surface area contributed by atoms with Gasteiger partial charge in [0, 0.05) is 43.5 Å². The summed E-state index contributed by atoms with van der Waals surface area (Å²) in [7, 11) is 0. The van der Waals surface area contributed by atoms with E-state index in [1.807, 2.05) is 63.2 Å². The Kier molecular flexibility index (Phi) is 13.9. The lowest BCUT2D eigenvalue weighted by atomic mass is 9.88. The van der Waals surface area contributed by atoms with E-state index in [9.17, 15) is 28.8 Å². The first-order chi connectivity index (χ1) is 22.4. The predicted molar refractivity (Wildman–Crippen MR) is 180 cm³/mol. The summed E-state index contributed by atoms with van der Waals surface area (Å²) in [4.78, 5) is 81.6. The number of nitrogens with one attached hydrogen (secondary N) is 2. The molecular weight excluding hydrogens is 596 g/mol. The van der Waals surface area contributed by atoms with E-state index >= 15 is 0 Å². The molecule has 0 saturated heterocycles. The average Bonchev–Trinajstić information content (AvgIpc) is 3.04. The van der Waals surface area contributed by atoms with Gasteiger partial charge in [-0.2, -0.15) is 0 Å². The summed E-state index contributed by atoms with van der Waals surface area (Å²) in [6.07, 6.45) is 4.32. The maximum atomic E-state index is 13.4. The number of rotatable bonds is 19. The van der Waals surface area contributed by atoms with Gasteiger partial charge in [0.25, 0.3) is 5.91 Å². The number of benzene rings is 2. The molecule has 250 valence electrons. The molecule has 0 aliphatic heterocycles. The molecule has 0 fully saturated rings. The fourth-order valence-electron chi connectivity index (χ4n) is 5.58. The van der Waals surface area contributed by atoms with E-state index in [0.29, 0.717) is 12.8 Å². The first kappa shape index (κ1) is 36.7. The summed E-state index contributed by atoms with van der Waals surface area (Å²) in [5.41, 5.74) is 7.21. The lowest BCUT2D eigenvalue weighted by molar-refractivity contribution is -0.142. The van der Waals surface area contributed by atoms with Gasteiger partial charge in [-0.1, -0.05) is 82.6 Å². The highest BCUT2D eigenvalue weighted by atomic mass is 16.2. The predicted octanol–water partition coefficient (Wildman–Crippen LogP) is 3.92. The van der Waals surface area contributed by atoms with E-state index in [4.69, 9.17) is 5.73 Å². The number of nitrogens with two attached hydrogens (primary N) is 1. The van der Waals surface area contributed by atoms with Gasteiger partial charge in [0.1, 0.15) is 5.78 Å². The maximum absolute atomic E-state index is 13.4. The molecule has 3 rings (SSSR count). The normalized spacial score (nSPS) is 13.7. The molecule has 0 bridgehead atoms. The third-order valence-corrected chi connectivity index (χ3v) is 8.36. The first-order valence-corrected chi connectivity index (χ1v) is 16.2. The number of amides is 3. The molecule has 1 unspecified atom stereocenters. The van der Waals surface area contributed by atoms with Gasteiger partial charge >= 0.3 is 0 Å². The van der Waals surface area contributed by atoms with Crippen LogP contribution in [0, 0.1) is 23.7 Å². The van der Waals surface area contributed by atoms with Gasteiger partial charge < -0.3 is 16.4 Å². The van der Waals surface area contributed by atoms with Crippen LogP contribution in [0.2, 0.25) is 0 Å². The third kappa shape index (κ3) is 11.5. The van der Waals surface area contributed by atoms with Crippen LogP contribution in [-0.2, 0) is 41.6 Å². The lowest BCUT2D eigenvalue weighted by Crippen LogP contribution is -2.52. The zero-order valence-electron chi connectivity index (χ0n) is 27.7. The van der Waals surface area contributed by atoms with Crippen LogP contribution in [0.5, 0.6) is 0 Å². The second kappa shape index (κ2) is 17.8. The molecule has 0 aliphatic carbocycles. The summed E-state index contributed by atoms with van der Waals surface area (Å²) in [6.45, 7) is 7.00. The number of fused-ring (bicyclic) bond motifs is 1. The molecule has 2 aromatic carbocycles. The number of pyridine rings is 1. The van der Waals surface area contributed by atoms with Crippen molar-refractivity contribution in [3.05, 3.63) is 78.1 Å². The van der Waals surface area contributed by atoms with Crippen LogP contribution in [0.1, 0.15) is 64.5 Å². The molecule has 0 saturated carbocycles. The Balaban J connectivity index is 1.60. The Morgan fingerprint density at radius 3 is 2.17 bits per heavy atom. The molecule has 3 amide bonds. The fourth-order valence-corrected chi connectivity index (χ4v) is 5.58. The largest absolute Gasteiger partial charge is 0.369 e. The van der Waals surface area contributed by atoms with E-state index < -0.39 is 53.7 Å². The molecule has 1 heterocycles. The number of hydrogen-bond donors (Lipinski definition) is 3. The molecule has 4 N–H and O–H groups in total. The van der Waals surface area contributed by atoms with Gasteiger partial charge in [0.05, 0.1) is 12.6 Å². The van der Waals surface area contributed by atoms with Gasteiger partial charge in [-0.25, -0.2) is 0 Å². The highest BCUT2D eigenvalue weighted by Gasteiger charge is 2.34. The van der Waals surface area contributed by atoms with Gasteiger partial charge in [0.2, 0.25) is 17.6 Å². The minimum atomic E-state index is -1.14. The summed E-state index contributed by atoms with van der Waals surface area (Å²) < 4.78 is 0. The Labute approximate surface area is 276 Å². The molecular formula is C37H46N4O6. The fraction of sp³-hybridized carbons (Fsp3) is 0.432. The van der Waals surface area contributed by atoms with E-state index in [1.54, 1.807) is 31.5 Å². The Bertz CT molecular complexity index is 1570. The topological polar surface area (TPSA) is 165 Å². The number of Topliss-reactive ketones (excluding diaryl/α,β-unsaturated/α-hetero) is 3. The quantitative estimate of drug-likeness (QED) is 0.167. The van der Waals surface area contributed by atoms with Crippen LogP contribution in [0.25, 0.3) is 10.8 Å². The Hall–Kier alpha value is -4.73. The number of primary amides is 1. The van der Waals surface area contributed by atoms with Crippen molar-refractivity contribution in [2.75, 3.05) is 6.54 Å². The third-order valence-electron chi connectivity index (χ3n) is 8.36. The van der Waals surface area contributed by atoms with Gasteiger partial charge in [-0.05, 0) is 52.6 Å². The molecule has 0 spiro atoms. The van der Waals surface area contributed by atoms with E-state index in [-0.39, 0.29) is 43.3 Å². The van der Waals surface area contributed by atoms with Crippen LogP contribution in [-0.4, -0.2) is 52.6 Å². The van der Waals surface area contributed by atoms with E-state index in [0.717, 1.165) is 21.9 Å². The molecule has 0 aliphatic rings. The highest BCUT2D eigenvalue weighted by molar-refractivity contribution is 6.38. The second-order valence-electron chi connectivity index (χ2n) is 12.8. The van der Waals surface area contributed by atoms with Crippen molar-refractivity contribution in [1.82, 2.24) is 15.6 Å². The zero-order chi connectivity index (χ0) is 34.5. The van der Waals surface area contributed by atoms with Crippen molar-refractivity contribution in [3.63, 3.8) is 0 Å². The van der Waals surface area contributed by atoms with E-state index in [1.165, 1.54) is 0 Å². The van der Waals surface area contributed by atoms with Crippen molar-refractivity contribution in [2.24, 2.45) is 29.4 Å². The average molecular weight is 643 g/mol. The molecule has 3 aromatic rings. The number of carbonyl (C=O) groups excluding carboxylic acids is 6. The van der Waals surface area contributed by atoms with Crippen molar-refractivity contribution < 1.29 is 28.8 Å². The summed E-state index contributed by atoms with van der Waals surface area (Å²) in [5, 5.41) is 7.15. The molecule has 1 aromatic heterocycles. The number of carbonyl (C=O) groups is 6. The second-order valence-corrected chi connectivity index (χ2v) is 12.8. The molecule has 4 atom stereocenters. The number of aromatic nitrogens is 1. The number of ketones is 3. The smallest absolute Gasteiger partial charge is 0.289 e. The van der Waals surface area contributed by atoms with Crippen LogP contribution >= 0.6 is 0 Å². The van der Waals surface area contributed by atoms with Gasteiger partial charge in [-0.3, -0.25) is 33.8 Å². The maximum Gasteiger partial charge on any atom is 0.289 e. The van der Waals surface area contributed by atoms with E-state index in [2.05, 4.69) is 15.6 Å². The first-order valence-electron chi connectivity index (χ1n) is 16.2. The Morgan fingerprint density at radius 1 is 0.830 bits per heavy atom. The Morgan fingerprint density at radius 2 is 1.53 bits per heavy atom. The summed E-state index contributed by atoms with van der Waals surface area (Å²) in [5.74, 6) is -5.34. The molecule has 10 heteroatoms. The summed E-state index contributed by atoms with van der Waals surface area (Å²) in [6, 6.07) is 15.9. The van der Waals surface area contributed by atoms with Gasteiger partial charge in [0.15, 0.2) is 5.78 Å². The summed E-state index contributed by atoms with van der Waals surface area (Å²) >= 11 is 0. The van der Waals surface area contributed by atoms with Crippen molar-refractivity contribution in [1.29, 1.82) is 0 Å². The van der Waals surface area contributed by atoms with Crippen molar-refractivity contribution in [3.8, 4) is 0 Å². The standard InChI is InChI=1S/C37H46N4O6/c1-5-24(4)33(41-36(46)30(15-23(2)3)20-31(42)18-26-9-8-14-39-21-26)34(44)37(47)40-22-32(43)19-29(35(38)45)17-25-12-13-27-10-6-7-11-28(27)16-25/h6-14,16,21,23-24,29-30,33H,5,15,17-20,22H2,1-4H3,(H2,38,45)(H,40,47)(H,41,46)/t24-,29+,30+,33?/m0/s1. The highest BCUT2D eigenvalue weighted by Crippen LogP contribution is 2.21. The van der Waals surface area contributed by atoms with Crippen molar-refractivity contribution >= 4 is 45.8 Å². The van der Waals surface area contributed by atoms with Crippen LogP contribution in [0.4, 0.5) is 0 Å². The van der Waals surface area contributed by atoms with Crippen LogP contribution < -0.4 is 16.4 Å². The molecule has 0 radical (unpaired) electrons. The molecule has 10 nitrogen and oxygen atoms in total. The minimum absolute atomic E-state index is 0.0126. The van der Waals surface area contributed by atoms with Crippen LogP contribution in [0.15, 0.2) is 67.0 Å².